The van der Waals surface area contributed by atoms with Crippen LogP contribution < -0.4 is 10.6 Å². The van der Waals surface area contributed by atoms with Gasteiger partial charge in [0, 0.05) is 30.7 Å². The third-order valence-corrected chi connectivity index (χ3v) is 4.29. The first kappa shape index (κ1) is 18.1. The number of halogens is 1. The monoisotopic (exact) mass is 355 g/mol. The number of carbonyl (C=O) groups excluding carboxylic acids is 1. The number of aryl methyl sites for hydroxylation is 1. The van der Waals surface area contributed by atoms with Gasteiger partial charge in [-0.2, -0.15) is 0 Å². The third kappa shape index (κ3) is 3.91. The van der Waals surface area contributed by atoms with Crippen molar-refractivity contribution < 1.29 is 13.9 Å². The zero-order valence-corrected chi connectivity index (χ0v) is 15.0. The van der Waals surface area contributed by atoms with E-state index in [0.717, 1.165) is 16.9 Å². The Hall–Kier alpha value is -2.73. The molecule has 0 saturated heterocycles. The van der Waals surface area contributed by atoms with E-state index in [4.69, 9.17) is 4.74 Å². The number of anilines is 2. The van der Waals surface area contributed by atoms with Gasteiger partial charge in [0.05, 0.1) is 12.3 Å². The van der Waals surface area contributed by atoms with Gasteiger partial charge in [-0.3, -0.25) is 9.79 Å². The molecule has 0 aliphatic carbocycles. The first-order valence-corrected chi connectivity index (χ1v) is 8.48. The summed E-state index contributed by atoms with van der Waals surface area (Å²) in [6, 6.07) is 10.3. The summed E-state index contributed by atoms with van der Waals surface area (Å²) in [7, 11) is 1.67. The predicted octanol–water partition coefficient (Wildman–Crippen LogP) is 4.02. The van der Waals surface area contributed by atoms with E-state index < -0.39 is 5.92 Å². The zero-order valence-electron chi connectivity index (χ0n) is 15.0. The molecule has 3 rings (SSSR count). The Kier molecular flexibility index (Phi) is 5.32. The first-order valence-electron chi connectivity index (χ1n) is 8.48. The van der Waals surface area contributed by atoms with Gasteiger partial charge in [-0.15, -0.1) is 0 Å². The molecule has 0 bridgehead atoms. The number of carbonyl (C=O) groups is 1. The minimum Gasteiger partial charge on any atom is -0.383 e. The summed E-state index contributed by atoms with van der Waals surface area (Å²) in [5, 5.41) is 6.13. The molecule has 0 fully saturated rings. The molecule has 0 aromatic heterocycles. The Morgan fingerprint density at radius 1 is 1.35 bits per heavy atom. The van der Waals surface area contributed by atoms with E-state index in [0.29, 0.717) is 17.9 Å². The lowest BCUT2D eigenvalue weighted by Crippen LogP contribution is -2.21. The number of nitrogens with one attached hydrogen (secondary N) is 2. The minimum absolute atomic E-state index is 0.196. The van der Waals surface area contributed by atoms with Crippen LogP contribution in [0, 0.1) is 12.7 Å². The number of hydrogen-bond donors (Lipinski definition) is 2. The highest BCUT2D eigenvalue weighted by Crippen LogP contribution is 2.32. The number of amides is 1. The van der Waals surface area contributed by atoms with Gasteiger partial charge in [0.1, 0.15) is 11.7 Å². The van der Waals surface area contributed by atoms with Crippen LogP contribution in [0.5, 0.6) is 0 Å². The zero-order chi connectivity index (χ0) is 18.7. The first-order chi connectivity index (χ1) is 12.5. The molecule has 0 radical (unpaired) electrons. The molecule has 2 atom stereocenters. The van der Waals surface area contributed by atoms with E-state index >= 15 is 0 Å². The third-order valence-electron chi connectivity index (χ3n) is 4.29. The van der Waals surface area contributed by atoms with Crippen LogP contribution in [0.25, 0.3) is 0 Å². The Balaban J connectivity index is 1.76. The van der Waals surface area contributed by atoms with Gasteiger partial charge in [0.25, 0.3) is 0 Å². The second kappa shape index (κ2) is 7.66. The number of ether oxygens (including phenoxy) is 1. The molecule has 26 heavy (non-hydrogen) atoms. The normalized spacial score (nSPS) is 17.2. The fourth-order valence-corrected chi connectivity index (χ4v) is 3.01. The fraction of sp³-hybridized carbons (Fsp3) is 0.300. The molecule has 2 aromatic carbocycles. The molecule has 0 saturated carbocycles. The van der Waals surface area contributed by atoms with Crippen LogP contribution in [-0.2, 0) is 9.53 Å². The molecular weight excluding hydrogens is 333 g/mol. The lowest BCUT2D eigenvalue weighted by molar-refractivity contribution is -0.115. The van der Waals surface area contributed by atoms with Crippen LogP contribution in [0.2, 0.25) is 0 Å². The summed E-state index contributed by atoms with van der Waals surface area (Å²) >= 11 is 0. The van der Waals surface area contributed by atoms with Crippen molar-refractivity contribution in [1.82, 2.24) is 0 Å². The molecular formula is C20H22FN3O2. The van der Waals surface area contributed by atoms with Gasteiger partial charge >= 0.3 is 0 Å². The lowest BCUT2D eigenvalue weighted by Gasteiger charge is -2.16. The number of hydrogen-bond acceptors (Lipinski definition) is 4. The molecule has 5 nitrogen and oxygen atoms in total. The number of aliphatic imine (C=N–C) groups is 1. The minimum atomic E-state index is -0.583. The SMILES string of the molecule is COCC(C)Nc1ccc(N=CC2C(=O)Nc3ccc(F)cc32)cc1C. The van der Waals surface area contributed by atoms with Crippen molar-refractivity contribution >= 4 is 29.2 Å². The van der Waals surface area contributed by atoms with Gasteiger partial charge in [0.15, 0.2) is 0 Å². The highest BCUT2D eigenvalue weighted by atomic mass is 19.1. The van der Waals surface area contributed by atoms with Crippen LogP contribution in [0.1, 0.15) is 24.0 Å². The highest BCUT2D eigenvalue weighted by Gasteiger charge is 2.29. The maximum Gasteiger partial charge on any atom is 0.237 e. The molecule has 2 N–H and O–H groups in total. The smallest absolute Gasteiger partial charge is 0.237 e. The molecule has 1 aliphatic heterocycles. The van der Waals surface area contributed by atoms with E-state index in [-0.39, 0.29) is 17.8 Å². The van der Waals surface area contributed by atoms with Crippen molar-refractivity contribution in [3.8, 4) is 0 Å². The van der Waals surface area contributed by atoms with Crippen LogP contribution in [0.3, 0.4) is 0 Å². The Labute approximate surface area is 152 Å². The van der Waals surface area contributed by atoms with Crippen LogP contribution in [-0.4, -0.2) is 31.9 Å². The molecule has 6 heteroatoms. The van der Waals surface area contributed by atoms with Crippen LogP contribution in [0.4, 0.5) is 21.5 Å². The van der Waals surface area contributed by atoms with Crippen molar-refractivity contribution in [3.63, 3.8) is 0 Å². The number of nitrogens with zero attached hydrogens (tertiary/aromatic N) is 1. The molecule has 0 spiro atoms. The Morgan fingerprint density at radius 3 is 2.88 bits per heavy atom. The van der Waals surface area contributed by atoms with E-state index in [1.54, 1.807) is 19.4 Å². The average molecular weight is 355 g/mol. The largest absolute Gasteiger partial charge is 0.383 e. The Bertz CT molecular complexity index is 851. The van der Waals surface area contributed by atoms with Crippen LogP contribution >= 0.6 is 0 Å². The molecule has 2 aromatic rings. The summed E-state index contributed by atoms with van der Waals surface area (Å²) in [5.74, 6) is -1.15. The quantitative estimate of drug-likeness (QED) is 0.770. The van der Waals surface area contributed by atoms with Crippen molar-refractivity contribution in [3.05, 3.63) is 53.3 Å². The average Bonchev–Trinajstić information content (AvgIpc) is 2.90. The highest BCUT2D eigenvalue weighted by molar-refractivity contribution is 6.12. The molecule has 136 valence electrons. The maximum atomic E-state index is 13.5. The molecule has 1 heterocycles. The standard InChI is InChI=1S/C20H22FN3O2/c1-12-8-15(5-7-18(12)23-13(2)11-26-3)22-10-17-16-9-14(21)4-6-19(16)24-20(17)25/h4-10,13,17,23H,11H2,1-3H3,(H,24,25). The molecule has 1 aliphatic rings. The van der Waals surface area contributed by atoms with Crippen molar-refractivity contribution in [2.24, 2.45) is 4.99 Å². The van der Waals surface area contributed by atoms with E-state index in [9.17, 15) is 9.18 Å². The summed E-state index contributed by atoms with van der Waals surface area (Å²) in [6.45, 7) is 4.66. The van der Waals surface area contributed by atoms with Gasteiger partial charge in [-0.25, -0.2) is 4.39 Å². The van der Waals surface area contributed by atoms with Crippen LogP contribution in [0.15, 0.2) is 41.4 Å². The van der Waals surface area contributed by atoms with Crippen molar-refractivity contribution in [2.45, 2.75) is 25.8 Å². The van der Waals surface area contributed by atoms with Gasteiger partial charge in [-0.05, 0) is 61.4 Å². The van der Waals surface area contributed by atoms with Gasteiger partial charge in [0.2, 0.25) is 5.91 Å². The number of methoxy groups -OCH3 is 1. The van der Waals surface area contributed by atoms with Gasteiger partial charge < -0.3 is 15.4 Å². The second-order valence-corrected chi connectivity index (χ2v) is 6.48. The van der Waals surface area contributed by atoms with Crippen molar-refractivity contribution in [1.29, 1.82) is 0 Å². The van der Waals surface area contributed by atoms with E-state index in [2.05, 4.69) is 15.6 Å². The summed E-state index contributed by atoms with van der Waals surface area (Å²) in [5.41, 5.74) is 4.05. The topological polar surface area (TPSA) is 62.7 Å². The molecule has 2 unspecified atom stereocenters. The summed E-state index contributed by atoms with van der Waals surface area (Å²) in [6.07, 6.45) is 1.57. The molecule has 1 amide bonds. The second-order valence-electron chi connectivity index (χ2n) is 6.48. The Morgan fingerprint density at radius 2 is 2.15 bits per heavy atom. The van der Waals surface area contributed by atoms with Gasteiger partial charge in [-0.1, -0.05) is 0 Å². The number of benzene rings is 2. The fourth-order valence-electron chi connectivity index (χ4n) is 3.01. The number of fused-ring (bicyclic) bond motifs is 1. The summed E-state index contributed by atoms with van der Waals surface area (Å²) in [4.78, 5) is 16.5. The summed E-state index contributed by atoms with van der Waals surface area (Å²) < 4.78 is 18.6. The van der Waals surface area contributed by atoms with E-state index in [1.165, 1.54) is 12.1 Å². The number of rotatable bonds is 6. The predicted molar refractivity (Wildman–Crippen MR) is 102 cm³/mol. The lowest BCUT2D eigenvalue weighted by atomic mass is 10.0. The maximum absolute atomic E-state index is 13.5. The van der Waals surface area contributed by atoms with Crippen molar-refractivity contribution in [2.75, 3.05) is 24.4 Å². The van der Waals surface area contributed by atoms with E-state index in [1.807, 2.05) is 32.0 Å².